The Balaban J connectivity index is 1.32. The van der Waals surface area contributed by atoms with Gasteiger partial charge in [0.05, 0.1) is 32.9 Å². The van der Waals surface area contributed by atoms with Gasteiger partial charge in [-0.05, 0) is 24.3 Å². The SMILES string of the molecule is COc1cc2c(cc1NC(=O)COC(=O)CCOc1ccccc1OC)oc1ccccc12. The lowest BCUT2D eigenvalue weighted by Gasteiger charge is -2.11. The molecule has 1 aromatic heterocycles. The zero-order chi connectivity index (χ0) is 23.2. The fourth-order valence-electron chi connectivity index (χ4n) is 3.40. The Kier molecular flexibility index (Phi) is 6.64. The molecule has 0 spiro atoms. The summed E-state index contributed by atoms with van der Waals surface area (Å²) in [7, 11) is 3.05. The number of hydrogen-bond donors (Lipinski definition) is 1. The number of methoxy groups -OCH3 is 2. The molecule has 3 aromatic carbocycles. The molecule has 1 N–H and O–H groups in total. The van der Waals surface area contributed by atoms with E-state index in [2.05, 4.69) is 5.32 Å². The third kappa shape index (κ3) is 5.01. The van der Waals surface area contributed by atoms with Gasteiger partial charge in [-0.25, -0.2) is 0 Å². The van der Waals surface area contributed by atoms with E-state index in [0.717, 1.165) is 16.4 Å². The predicted octanol–water partition coefficient (Wildman–Crippen LogP) is 4.55. The first-order valence-corrected chi connectivity index (χ1v) is 10.3. The number of fused-ring (bicyclic) bond motifs is 3. The Morgan fingerprint density at radius 2 is 1.58 bits per heavy atom. The average Bonchev–Trinajstić information content (AvgIpc) is 3.19. The van der Waals surface area contributed by atoms with Crippen molar-refractivity contribution in [1.82, 2.24) is 0 Å². The minimum Gasteiger partial charge on any atom is -0.495 e. The van der Waals surface area contributed by atoms with Gasteiger partial charge >= 0.3 is 5.97 Å². The van der Waals surface area contributed by atoms with Crippen LogP contribution in [0.5, 0.6) is 17.2 Å². The molecule has 0 atom stereocenters. The minimum atomic E-state index is -0.556. The standard InChI is InChI=1S/C25H23NO7/c1-29-20-9-5-6-10-21(20)31-12-11-25(28)32-15-24(27)26-18-14-22-17(13-23(18)30-2)16-7-3-4-8-19(16)33-22/h3-10,13-14H,11-12,15H2,1-2H3,(H,26,27). The van der Waals surface area contributed by atoms with Crippen LogP contribution in [0.4, 0.5) is 5.69 Å². The smallest absolute Gasteiger partial charge is 0.309 e. The quantitative estimate of drug-likeness (QED) is 0.374. The number of rotatable bonds is 9. The Morgan fingerprint density at radius 3 is 2.36 bits per heavy atom. The highest BCUT2D eigenvalue weighted by molar-refractivity contribution is 6.07. The van der Waals surface area contributed by atoms with Crippen LogP contribution in [0.2, 0.25) is 0 Å². The van der Waals surface area contributed by atoms with Crippen LogP contribution < -0.4 is 19.5 Å². The summed E-state index contributed by atoms with van der Waals surface area (Å²) in [6.07, 6.45) is -0.0143. The highest BCUT2D eigenvalue weighted by Gasteiger charge is 2.15. The number of anilines is 1. The van der Waals surface area contributed by atoms with Crippen molar-refractivity contribution in [2.24, 2.45) is 0 Å². The lowest BCUT2D eigenvalue weighted by Crippen LogP contribution is -2.22. The fraction of sp³-hybridized carbons (Fsp3) is 0.200. The van der Waals surface area contributed by atoms with E-state index in [9.17, 15) is 9.59 Å². The van der Waals surface area contributed by atoms with Crippen LogP contribution >= 0.6 is 0 Å². The summed E-state index contributed by atoms with van der Waals surface area (Å²) in [4.78, 5) is 24.3. The molecular formula is C25H23NO7. The Hall–Kier alpha value is -4.20. The molecule has 8 heteroatoms. The number of carbonyl (C=O) groups is 2. The number of nitrogens with one attached hydrogen (secondary N) is 1. The maximum absolute atomic E-state index is 12.3. The second kappa shape index (κ2) is 9.95. The molecule has 0 radical (unpaired) electrons. The molecule has 0 aliphatic carbocycles. The summed E-state index contributed by atoms with van der Waals surface area (Å²) in [6.45, 7) is -0.341. The molecular weight excluding hydrogens is 426 g/mol. The largest absolute Gasteiger partial charge is 0.495 e. The summed E-state index contributed by atoms with van der Waals surface area (Å²) < 4.78 is 27.1. The zero-order valence-corrected chi connectivity index (χ0v) is 18.3. The summed E-state index contributed by atoms with van der Waals surface area (Å²) in [5.74, 6) is 0.515. The molecule has 4 rings (SSSR count). The van der Waals surface area contributed by atoms with Crippen LogP contribution in [0.25, 0.3) is 21.9 Å². The lowest BCUT2D eigenvalue weighted by molar-refractivity contribution is -0.147. The summed E-state index contributed by atoms with van der Waals surface area (Å²) in [6, 6.07) is 18.3. The molecule has 0 fully saturated rings. The fourth-order valence-corrected chi connectivity index (χ4v) is 3.40. The molecule has 4 aromatic rings. The second-order valence-electron chi connectivity index (χ2n) is 7.11. The van der Waals surface area contributed by atoms with Gasteiger partial charge in [0, 0.05) is 16.8 Å². The highest BCUT2D eigenvalue weighted by atomic mass is 16.5. The van der Waals surface area contributed by atoms with E-state index in [1.807, 2.05) is 30.3 Å². The van der Waals surface area contributed by atoms with Crippen molar-refractivity contribution in [3.05, 3.63) is 60.7 Å². The van der Waals surface area contributed by atoms with Gasteiger partial charge in [-0.1, -0.05) is 30.3 Å². The second-order valence-corrected chi connectivity index (χ2v) is 7.11. The molecule has 0 aliphatic heterocycles. The van der Waals surface area contributed by atoms with Crippen molar-refractivity contribution in [2.45, 2.75) is 6.42 Å². The molecule has 0 aliphatic rings. The molecule has 0 saturated carbocycles. The van der Waals surface area contributed by atoms with Gasteiger partial charge in [0.15, 0.2) is 18.1 Å². The Labute approximate surface area is 190 Å². The Bertz CT molecular complexity index is 1290. The molecule has 8 nitrogen and oxygen atoms in total. The summed E-state index contributed by atoms with van der Waals surface area (Å²) >= 11 is 0. The molecule has 33 heavy (non-hydrogen) atoms. The third-order valence-electron chi connectivity index (χ3n) is 4.97. The van der Waals surface area contributed by atoms with Gasteiger partial charge in [-0.15, -0.1) is 0 Å². The van der Waals surface area contributed by atoms with Crippen LogP contribution in [0.15, 0.2) is 65.1 Å². The Morgan fingerprint density at radius 1 is 0.848 bits per heavy atom. The van der Waals surface area contributed by atoms with E-state index in [1.54, 1.807) is 30.3 Å². The average molecular weight is 449 g/mol. The van der Waals surface area contributed by atoms with Crippen LogP contribution in [0.3, 0.4) is 0 Å². The first kappa shape index (κ1) is 22.0. The van der Waals surface area contributed by atoms with Crippen LogP contribution in [-0.2, 0) is 14.3 Å². The van der Waals surface area contributed by atoms with Gasteiger partial charge in [0.2, 0.25) is 0 Å². The molecule has 1 heterocycles. The first-order valence-electron chi connectivity index (χ1n) is 10.3. The summed E-state index contributed by atoms with van der Waals surface area (Å²) in [5, 5.41) is 4.53. The molecule has 0 saturated heterocycles. The van der Waals surface area contributed by atoms with Gasteiger partial charge in [-0.3, -0.25) is 9.59 Å². The van der Waals surface area contributed by atoms with Crippen LogP contribution in [-0.4, -0.2) is 39.3 Å². The molecule has 170 valence electrons. The highest BCUT2D eigenvalue weighted by Crippen LogP contribution is 2.36. The third-order valence-corrected chi connectivity index (χ3v) is 4.97. The van der Waals surface area contributed by atoms with E-state index in [1.165, 1.54) is 14.2 Å². The van der Waals surface area contributed by atoms with Gasteiger partial charge in [-0.2, -0.15) is 0 Å². The molecule has 0 unspecified atom stereocenters. The van der Waals surface area contributed by atoms with E-state index >= 15 is 0 Å². The maximum Gasteiger partial charge on any atom is 0.309 e. The monoisotopic (exact) mass is 449 g/mol. The van der Waals surface area contributed by atoms with Crippen molar-refractivity contribution in [3.8, 4) is 17.2 Å². The van der Waals surface area contributed by atoms with Crippen molar-refractivity contribution in [3.63, 3.8) is 0 Å². The van der Waals surface area contributed by atoms with Crippen molar-refractivity contribution >= 4 is 39.5 Å². The first-order chi connectivity index (χ1) is 16.1. The maximum atomic E-state index is 12.3. The normalized spacial score (nSPS) is 10.7. The number of amides is 1. The predicted molar refractivity (Wildman–Crippen MR) is 123 cm³/mol. The number of para-hydroxylation sites is 3. The number of esters is 1. The van der Waals surface area contributed by atoms with Crippen LogP contribution in [0, 0.1) is 0 Å². The van der Waals surface area contributed by atoms with Crippen molar-refractivity contribution in [1.29, 1.82) is 0 Å². The molecule has 0 bridgehead atoms. The van der Waals surface area contributed by atoms with Crippen molar-refractivity contribution in [2.75, 3.05) is 32.8 Å². The number of benzene rings is 3. The summed E-state index contributed by atoms with van der Waals surface area (Å²) in [5.41, 5.74) is 1.77. The van der Waals surface area contributed by atoms with E-state index in [4.69, 9.17) is 23.4 Å². The van der Waals surface area contributed by atoms with E-state index in [0.29, 0.717) is 28.5 Å². The van der Waals surface area contributed by atoms with E-state index < -0.39 is 18.5 Å². The number of carbonyl (C=O) groups excluding carboxylic acids is 2. The van der Waals surface area contributed by atoms with E-state index in [-0.39, 0.29) is 13.0 Å². The van der Waals surface area contributed by atoms with Gasteiger partial charge < -0.3 is 28.7 Å². The van der Waals surface area contributed by atoms with Gasteiger partial charge in [0.1, 0.15) is 16.9 Å². The minimum absolute atomic E-state index is 0.0143. The van der Waals surface area contributed by atoms with Crippen LogP contribution in [0.1, 0.15) is 6.42 Å². The number of hydrogen-bond acceptors (Lipinski definition) is 7. The topological polar surface area (TPSA) is 96.2 Å². The number of ether oxygens (including phenoxy) is 4. The van der Waals surface area contributed by atoms with Crippen molar-refractivity contribution < 1.29 is 33.0 Å². The zero-order valence-electron chi connectivity index (χ0n) is 18.3. The van der Waals surface area contributed by atoms with Gasteiger partial charge in [0.25, 0.3) is 5.91 Å². The molecule has 1 amide bonds. The lowest BCUT2D eigenvalue weighted by atomic mass is 10.1. The number of furan rings is 1.